The summed E-state index contributed by atoms with van der Waals surface area (Å²) in [5, 5.41) is 0. The molecule has 0 unspecified atom stereocenters. The second-order valence-corrected chi connectivity index (χ2v) is 1.18. The summed E-state index contributed by atoms with van der Waals surface area (Å²) in [6, 6.07) is 0. The van der Waals surface area contributed by atoms with Crippen LogP contribution in [0.15, 0.2) is 0 Å². The Balaban J connectivity index is -0.0000000720. The molecule has 0 aromatic heterocycles. The molecule has 9 heavy (non-hydrogen) atoms. The van der Waals surface area contributed by atoms with Gasteiger partial charge in [0, 0.05) is 6.61 Å². The average Bonchev–Trinajstić information content (AvgIpc) is 1.88. The Morgan fingerprint density at radius 2 is 1.67 bits per heavy atom. The predicted octanol–water partition coefficient (Wildman–Crippen LogP) is 2.18. The van der Waals surface area contributed by atoms with Gasteiger partial charge in [-0.05, 0) is 13.3 Å². The summed E-state index contributed by atoms with van der Waals surface area (Å²) in [4.78, 5) is 0. The van der Waals surface area contributed by atoms with E-state index in [4.69, 9.17) is 0 Å². The maximum atomic E-state index is 10.7. The zero-order chi connectivity index (χ0) is 6.83. The van der Waals surface area contributed by atoms with E-state index in [2.05, 4.69) is 11.8 Å². The molecule has 0 spiro atoms. The van der Waals surface area contributed by atoms with Crippen molar-refractivity contribution in [3.8, 4) is 0 Å². The molecule has 0 N–H and O–H groups in total. The molecule has 0 radical (unpaired) electrons. The monoisotopic (exact) mass is 388 g/mol. The maximum absolute atomic E-state index is 10.7. The average molecular weight is 388 g/mol. The van der Waals surface area contributed by atoms with Gasteiger partial charge in [0.2, 0.25) is 0 Å². The Morgan fingerprint density at radius 1 is 1.44 bits per heavy atom. The molecule has 3 heteroatoms. The van der Waals surface area contributed by atoms with E-state index in [9.17, 15) is 4.39 Å². The molecular weight excluding hydrogens is 374 g/mol. The van der Waals surface area contributed by atoms with Crippen LogP contribution >= 0.6 is 0 Å². The van der Waals surface area contributed by atoms with Gasteiger partial charge >= 0.3 is 0 Å². The summed E-state index contributed by atoms with van der Waals surface area (Å²) >= 11 is 0. The fourth-order valence-corrected chi connectivity index (χ4v) is 0. The molecule has 0 atom stereocenters. The number of alkyl halides is 1. The van der Waals surface area contributed by atoms with Crippen molar-refractivity contribution < 1.29 is 9.13 Å². The molecular formula is C6H14FORf-. The third kappa shape index (κ3) is 208. The molecule has 1 nitrogen and oxygen atoms in total. The van der Waals surface area contributed by atoms with Gasteiger partial charge in [0.1, 0.15) is 0 Å². The Morgan fingerprint density at radius 3 is 1.67 bits per heavy atom. The van der Waals surface area contributed by atoms with E-state index in [1.165, 1.54) is 0 Å². The Labute approximate surface area is 50.8 Å². The quantitative estimate of drug-likeness (QED) is 0.660. The van der Waals surface area contributed by atoms with Crippen molar-refractivity contribution in [1.82, 2.24) is 0 Å². The van der Waals surface area contributed by atoms with Crippen LogP contribution in [-0.2, 0) is 4.74 Å². The van der Waals surface area contributed by atoms with Crippen LogP contribution in [0.25, 0.3) is 0 Å². The van der Waals surface area contributed by atoms with Crippen molar-refractivity contribution in [2.75, 3.05) is 13.3 Å². The van der Waals surface area contributed by atoms with Crippen LogP contribution < -0.4 is 0 Å². The van der Waals surface area contributed by atoms with Crippen LogP contribution in [0.4, 0.5) is 4.39 Å². The van der Waals surface area contributed by atoms with Crippen molar-refractivity contribution in [2.24, 2.45) is 0 Å². The van der Waals surface area contributed by atoms with Crippen LogP contribution in [-0.4, -0.2) is 13.3 Å². The first-order valence-electron chi connectivity index (χ1n) is 2.76. The molecule has 0 amide bonds. The van der Waals surface area contributed by atoms with Gasteiger partial charge in [-0.2, -0.15) is 0 Å². The van der Waals surface area contributed by atoms with Crippen LogP contribution in [0.1, 0.15) is 20.3 Å². The van der Waals surface area contributed by atoms with E-state index in [0.29, 0.717) is 13.0 Å². The van der Waals surface area contributed by atoms with Crippen molar-refractivity contribution in [1.29, 1.82) is 0 Å². The Kier molecular flexibility index (Phi) is 49.8. The molecule has 0 saturated carbocycles. The standard InChI is InChI=1S/C3H7F.C3H7O.Rf/c1-2-3-4;1-3-4-2;/h2*2-3H2,1H3;/q;-1;. The fourth-order valence-electron chi connectivity index (χ4n) is 0. The van der Waals surface area contributed by atoms with E-state index in [1.807, 2.05) is 6.92 Å². The minimum atomic E-state index is -0.181. The molecule has 0 rings (SSSR count). The second kappa shape index (κ2) is 28.6. The van der Waals surface area contributed by atoms with Crippen molar-refractivity contribution >= 4 is 0 Å². The molecule has 0 fully saturated rings. The Hall–Kier alpha value is -1.11. The summed E-state index contributed by atoms with van der Waals surface area (Å²) in [5.74, 6) is 0. The van der Waals surface area contributed by atoms with E-state index >= 15 is 0 Å². The molecule has 0 heterocycles. The van der Waals surface area contributed by atoms with E-state index in [0.717, 1.165) is 0 Å². The summed E-state index contributed by atoms with van der Waals surface area (Å²) in [7, 11) is 3.10. The van der Waals surface area contributed by atoms with Gasteiger partial charge in [0.15, 0.2) is 0 Å². The summed E-state index contributed by atoms with van der Waals surface area (Å²) < 4.78 is 15.0. The topological polar surface area (TPSA) is 9.23 Å². The van der Waals surface area contributed by atoms with Crippen molar-refractivity contribution in [2.45, 2.75) is 20.3 Å². The zero-order valence-electron chi connectivity index (χ0n) is 6.32. The summed E-state index contributed by atoms with van der Waals surface area (Å²) in [6.45, 7) is 4.23. The SMILES string of the molecule is CCCF.[CH2-]OCC.[Rf]. The largest absolute Gasteiger partial charge is 0.555 e. The second-order valence-electron chi connectivity index (χ2n) is 1.18. The number of rotatable bonds is 2. The molecule has 0 aliphatic rings. The Bertz CT molecular complexity index is 21.0. The first-order valence-corrected chi connectivity index (χ1v) is 2.76. The van der Waals surface area contributed by atoms with Gasteiger partial charge in [-0.25, -0.2) is 7.11 Å². The molecule has 0 aromatic rings. The van der Waals surface area contributed by atoms with Crippen LogP contribution in [0.2, 0.25) is 0 Å². The van der Waals surface area contributed by atoms with Crippen molar-refractivity contribution in [3.05, 3.63) is 7.11 Å². The molecule has 0 saturated heterocycles. The third-order valence-corrected chi connectivity index (χ3v) is 0.393. The van der Waals surface area contributed by atoms with E-state index in [1.54, 1.807) is 6.92 Å². The molecule has 0 aliphatic carbocycles. The normalized spacial score (nSPS) is 6.67. The van der Waals surface area contributed by atoms with Gasteiger partial charge in [-0.1, -0.05) is 6.92 Å². The summed E-state index contributed by atoms with van der Waals surface area (Å²) in [5.41, 5.74) is 0. The minimum Gasteiger partial charge on any atom is -0.555 e. The third-order valence-electron chi connectivity index (χ3n) is 0.393. The molecule has 0 bridgehead atoms. The van der Waals surface area contributed by atoms with Gasteiger partial charge < -0.3 is 4.74 Å². The first kappa shape index (κ1) is 15.7. The van der Waals surface area contributed by atoms with Gasteiger partial charge in [0.25, 0.3) is 0 Å². The smallest absolute Gasteiger partial charge is 0.0891 e. The van der Waals surface area contributed by atoms with E-state index < -0.39 is 0 Å². The van der Waals surface area contributed by atoms with Gasteiger partial charge in [0.05, 0.1) is 6.67 Å². The van der Waals surface area contributed by atoms with Crippen LogP contribution in [0.5, 0.6) is 0 Å². The predicted molar refractivity (Wildman–Crippen MR) is 33.2 cm³/mol. The number of ether oxygens (including phenoxy) is 1. The molecule has 0 aromatic carbocycles. The van der Waals surface area contributed by atoms with Crippen LogP contribution in [0, 0.1) is 7.11 Å². The van der Waals surface area contributed by atoms with E-state index in [-0.39, 0.29) is 6.67 Å². The molecule has 0 aliphatic heterocycles. The number of hydrogen-bond donors (Lipinski definition) is 0. The van der Waals surface area contributed by atoms with Crippen LogP contribution in [0.3, 0.4) is 0 Å². The van der Waals surface area contributed by atoms with Gasteiger partial charge in [-0.15, -0.1) is 0 Å². The minimum absolute atomic E-state index is 0. The maximum Gasteiger partial charge on any atom is 0.0891 e. The molecule has 54 valence electrons. The van der Waals surface area contributed by atoms with Gasteiger partial charge in [-0.3, -0.25) is 4.39 Å². The first-order chi connectivity index (χ1) is 3.83. The zero-order valence-corrected chi connectivity index (χ0v) is 12.7. The number of halogens is 1. The fraction of sp³-hybridized carbons (Fsp3) is 0.833. The summed E-state index contributed by atoms with van der Waals surface area (Å²) in [6.07, 6.45) is 0.653. The van der Waals surface area contributed by atoms with Crippen molar-refractivity contribution in [3.63, 3.8) is 0 Å². The number of hydrogen-bond acceptors (Lipinski definition) is 1.